The molecule has 0 saturated heterocycles. The van der Waals surface area contributed by atoms with Crippen LogP contribution < -0.4 is 4.74 Å². The van der Waals surface area contributed by atoms with Gasteiger partial charge >= 0.3 is 0 Å². The first-order valence-electron chi connectivity index (χ1n) is 10.8. The largest absolute Gasteiger partial charge is 0.487 e. The van der Waals surface area contributed by atoms with Crippen LogP contribution in [0.5, 0.6) is 5.75 Å². The summed E-state index contributed by atoms with van der Waals surface area (Å²) in [5.74, 6) is 0.158. The molecule has 2 aromatic heterocycles. The molecule has 170 valence electrons. The average Bonchev–Trinajstić information content (AvgIpc) is 3.23. The van der Waals surface area contributed by atoms with Crippen molar-refractivity contribution in [1.29, 1.82) is 0 Å². The zero-order valence-corrected chi connectivity index (χ0v) is 18.8. The standard InChI is InChI=1S/C26H27FN4O2/c1-29(2)13-14-31(17-20-7-5-9-22(27)15-20)26(32)21-8-6-10-24(16-21)33-19-23-18-30-12-4-3-11-25(30)28-23/h3-12,15-16,18H,13-14,17,19H2,1-2H3. The van der Waals surface area contributed by atoms with Crippen LogP contribution in [0, 0.1) is 5.82 Å². The van der Waals surface area contributed by atoms with Gasteiger partial charge < -0.3 is 18.9 Å². The van der Waals surface area contributed by atoms with Crippen LogP contribution in [-0.2, 0) is 13.2 Å². The number of benzene rings is 2. The normalized spacial score (nSPS) is 11.2. The molecule has 33 heavy (non-hydrogen) atoms. The van der Waals surface area contributed by atoms with Gasteiger partial charge in [-0.25, -0.2) is 9.37 Å². The van der Waals surface area contributed by atoms with E-state index in [1.165, 1.54) is 12.1 Å². The fourth-order valence-corrected chi connectivity index (χ4v) is 3.54. The van der Waals surface area contributed by atoms with Crippen LogP contribution >= 0.6 is 0 Å². The van der Waals surface area contributed by atoms with E-state index in [1.807, 2.05) is 66.1 Å². The SMILES string of the molecule is CN(C)CCN(Cc1cccc(F)c1)C(=O)c1cccc(OCc2cn3ccccc3n2)c1. The van der Waals surface area contributed by atoms with E-state index < -0.39 is 0 Å². The molecule has 0 fully saturated rings. The van der Waals surface area contributed by atoms with Crippen molar-refractivity contribution < 1.29 is 13.9 Å². The lowest BCUT2D eigenvalue weighted by molar-refractivity contribution is 0.0731. The fourth-order valence-electron chi connectivity index (χ4n) is 3.54. The molecule has 6 nitrogen and oxygen atoms in total. The smallest absolute Gasteiger partial charge is 0.254 e. The summed E-state index contributed by atoms with van der Waals surface area (Å²) in [5.41, 5.74) is 2.93. The second-order valence-corrected chi connectivity index (χ2v) is 8.17. The molecule has 0 aliphatic rings. The number of hydrogen-bond acceptors (Lipinski definition) is 4. The molecular weight excluding hydrogens is 419 g/mol. The molecule has 0 radical (unpaired) electrons. The highest BCUT2D eigenvalue weighted by atomic mass is 19.1. The van der Waals surface area contributed by atoms with Gasteiger partial charge in [-0.3, -0.25) is 4.79 Å². The minimum absolute atomic E-state index is 0.126. The summed E-state index contributed by atoms with van der Waals surface area (Å²) >= 11 is 0. The highest BCUT2D eigenvalue weighted by Gasteiger charge is 2.17. The number of imidazole rings is 1. The predicted octanol–water partition coefficient (Wildman–Crippen LogP) is 4.26. The van der Waals surface area contributed by atoms with Gasteiger partial charge in [0.2, 0.25) is 0 Å². The number of rotatable bonds is 9. The van der Waals surface area contributed by atoms with Crippen LogP contribution in [0.4, 0.5) is 4.39 Å². The molecule has 0 saturated carbocycles. The number of hydrogen-bond donors (Lipinski definition) is 0. The Morgan fingerprint density at radius 3 is 2.67 bits per heavy atom. The zero-order valence-electron chi connectivity index (χ0n) is 18.8. The lowest BCUT2D eigenvalue weighted by Crippen LogP contribution is -2.36. The van der Waals surface area contributed by atoms with Gasteiger partial charge in [0.15, 0.2) is 0 Å². The number of fused-ring (bicyclic) bond motifs is 1. The highest BCUT2D eigenvalue weighted by molar-refractivity contribution is 5.94. The quantitative estimate of drug-likeness (QED) is 0.386. The Morgan fingerprint density at radius 2 is 1.88 bits per heavy atom. The van der Waals surface area contributed by atoms with Crippen molar-refractivity contribution in [1.82, 2.24) is 19.2 Å². The second-order valence-electron chi connectivity index (χ2n) is 8.17. The summed E-state index contributed by atoms with van der Waals surface area (Å²) in [5, 5.41) is 0. The summed E-state index contributed by atoms with van der Waals surface area (Å²) in [4.78, 5) is 21.6. The molecule has 7 heteroatoms. The third kappa shape index (κ3) is 5.96. The predicted molar refractivity (Wildman–Crippen MR) is 126 cm³/mol. The maximum absolute atomic E-state index is 13.7. The number of likely N-dealkylation sites (N-methyl/N-ethyl adjacent to an activating group) is 1. The van der Waals surface area contributed by atoms with Gasteiger partial charge in [0.05, 0.1) is 5.69 Å². The Labute approximate surface area is 192 Å². The van der Waals surface area contributed by atoms with Crippen LogP contribution in [0.15, 0.2) is 79.1 Å². The maximum atomic E-state index is 13.7. The molecule has 1 amide bonds. The number of aromatic nitrogens is 2. The molecule has 4 aromatic rings. The molecule has 4 rings (SSSR count). The minimum Gasteiger partial charge on any atom is -0.487 e. The molecule has 0 aliphatic carbocycles. The van der Waals surface area contributed by atoms with Gasteiger partial charge in [-0.1, -0.05) is 24.3 Å². The van der Waals surface area contributed by atoms with E-state index in [1.54, 1.807) is 29.2 Å². The molecule has 0 bridgehead atoms. The van der Waals surface area contributed by atoms with E-state index in [9.17, 15) is 9.18 Å². The third-order valence-corrected chi connectivity index (χ3v) is 5.25. The first kappa shape index (κ1) is 22.5. The Bertz CT molecular complexity index is 1200. The number of halogens is 1. The van der Waals surface area contributed by atoms with Crippen molar-refractivity contribution in [3.8, 4) is 5.75 Å². The number of carbonyl (C=O) groups is 1. The van der Waals surface area contributed by atoms with Gasteiger partial charge in [0.25, 0.3) is 5.91 Å². The summed E-state index contributed by atoms with van der Waals surface area (Å²) in [6.07, 6.45) is 3.86. The maximum Gasteiger partial charge on any atom is 0.254 e. The third-order valence-electron chi connectivity index (χ3n) is 5.25. The topological polar surface area (TPSA) is 50.1 Å². The number of nitrogens with zero attached hydrogens (tertiary/aromatic N) is 4. The van der Waals surface area contributed by atoms with Crippen molar-refractivity contribution in [2.24, 2.45) is 0 Å². The number of ether oxygens (including phenoxy) is 1. The summed E-state index contributed by atoms with van der Waals surface area (Å²) in [7, 11) is 3.91. The molecule has 0 aliphatic heterocycles. The average molecular weight is 447 g/mol. The number of amides is 1. The summed E-state index contributed by atoms with van der Waals surface area (Å²) in [6, 6.07) is 19.3. The Morgan fingerprint density at radius 1 is 1.03 bits per heavy atom. The van der Waals surface area contributed by atoms with Crippen molar-refractivity contribution >= 4 is 11.6 Å². The molecule has 0 atom stereocenters. The first-order valence-corrected chi connectivity index (χ1v) is 10.8. The van der Waals surface area contributed by atoms with Gasteiger partial charge in [-0.2, -0.15) is 0 Å². The first-order chi connectivity index (χ1) is 16.0. The summed E-state index contributed by atoms with van der Waals surface area (Å²) < 4.78 is 21.5. The highest BCUT2D eigenvalue weighted by Crippen LogP contribution is 2.18. The van der Waals surface area contributed by atoms with E-state index in [-0.39, 0.29) is 11.7 Å². The Kier molecular flexibility index (Phi) is 7.00. The molecule has 0 spiro atoms. The van der Waals surface area contributed by atoms with E-state index >= 15 is 0 Å². The summed E-state index contributed by atoms with van der Waals surface area (Å²) in [6.45, 7) is 1.85. The molecule has 0 unspecified atom stereocenters. The fraction of sp³-hybridized carbons (Fsp3) is 0.231. The number of carbonyl (C=O) groups excluding carboxylic acids is 1. The lowest BCUT2D eigenvalue weighted by Gasteiger charge is -2.25. The van der Waals surface area contributed by atoms with E-state index in [0.29, 0.717) is 37.6 Å². The van der Waals surface area contributed by atoms with Crippen LogP contribution in [0.3, 0.4) is 0 Å². The van der Waals surface area contributed by atoms with Crippen LogP contribution in [0.1, 0.15) is 21.6 Å². The number of pyridine rings is 1. The Hall–Kier alpha value is -3.71. The monoisotopic (exact) mass is 446 g/mol. The van der Waals surface area contributed by atoms with Gasteiger partial charge in [0.1, 0.15) is 23.8 Å². The van der Waals surface area contributed by atoms with Crippen LogP contribution in [-0.4, -0.2) is 52.3 Å². The minimum atomic E-state index is -0.310. The second kappa shape index (κ2) is 10.3. The van der Waals surface area contributed by atoms with Gasteiger partial charge in [-0.05, 0) is 62.1 Å². The molecular formula is C26H27FN4O2. The van der Waals surface area contributed by atoms with E-state index in [0.717, 1.165) is 16.9 Å². The van der Waals surface area contributed by atoms with E-state index in [4.69, 9.17) is 4.74 Å². The van der Waals surface area contributed by atoms with Crippen molar-refractivity contribution in [2.75, 3.05) is 27.2 Å². The molecule has 2 aromatic carbocycles. The zero-order chi connectivity index (χ0) is 23.2. The van der Waals surface area contributed by atoms with Gasteiger partial charge in [-0.15, -0.1) is 0 Å². The van der Waals surface area contributed by atoms with Crippen molar-refractivity contribution in [3.05, 3.63) is 102 Å². The van der Waals surface area contributed by atoms with Crippen LogP contribution in [0.25, 0.3) is 5.65 Å². The molecule has 2 heterocycles. The van der Waals surface area contributed by atoms with Gasteiger partial charge in [0, 0.05) is 37.6 Å². The van der Waals surface area contributed by atoms with E-state index in [2.05, 4.69) is 4.98 Å². The Balaban J connectivity index is 1.48. The van der Waals surface area contributed by atoms with Crippen LogP contribution in [0.2, 0.25) is 0 Å². The van der Waals surface area contributed by atoms with Crippen molar-refractivity contribution in [3.63, 3.8) is 0 Å². The lowest BCUT2D eigenvalue weighted by atomic mass is 10.1. The van der Waals surface area contributed by atoms with Crippen molar-refractivity contribution in [2.45, 2.75) is 13.2 Å². The molecule has 0 N–H and O–H groups in total.